The van der Waals surface area contributed by atoms with Crippen LogP contribution in [-0.4, -0.2) is 10.8 Å². The number of hydrogen-bond acceptors (Lipinski definition) is 2. The van der Waals surface area contributed by atoms with E-state index in [0.29, 0.717) is 6.07 Å². The molecule has 0 N–H and O–H groups in total. The van der Waals surface area contributed by atoms with E-state index >= 15 is 0 Å². The molecule has 5 heteroatoms. The molecular weight excluding hydrogens is 243 g/mol. The second kappa shape index (κ2) is 5.00. The molecule has 0 unspecified atom stereocenters. The van der Waals surface area contributed by atoms with Gasteiger partial charge < -0.3 is 0 Å². The first-order valence-corrected chi connectivity index (χ1v) is 5.14. The van der Waals surface area contributed by atoms with Gasteiger partial charge in [0.15, 0.2) is 11.6 Å². The van der Waals surface area contributed by atoms with Crippen molar-refractivity contribution in [1.82, 2.24) is 4.98 Å². The van der Waals surface area contributed by atoms with Gasteiger partial charge in [0.05, 0.1) is 11.8 Å². The van der Waals surface area contributed by atoms with Crippen LogP contribution in [0.4, 0.5) is 13.2 Å². The summed E-state index contributed by atoms with van der Waals surface area (Å²) < 4.78 is 39.1. The molecule has 0 aliphatic rings. The summed E-state index contributed by atoms with van der Waals surface area (Å²) in [5.41, 5.74) is 0.0170. The van der Waals surface area contributed by atoms with E-state index in [4.69, 9.17) is 0 Å². The maximum absolute atomic E-state index is 13.3. The average molecular weight is 251 g/mol. The number of pyridine rings is 1. The molecule has 92 valence electrons. The quantitative estimate of drug-likeness (QED) is 0.785. The minimum Gasteiger partial charge on any atom is -0.294 e. The Kier molecular flexibility index (Phi) is 3.41. The van der Waals surface area contributed by atoms with Crippen LogP contribution in [0.2, 0.25) is 0 Å². The first-order chi connectivity index (χ1) is 8.56. The lowest BCUT2D eigenvalue weighted by Gasteiger charge is -2.03. The minimum absolute atomic E-state index is 0.144. The van der Waals surface area contributed by atoms with Crippen molar-refractivity contribution in [2.24, 2.45) is 0 Å². The highest BCUT2D eigenvalue weighted by molar-refractivity contribution is 5.97. The molecule has 2 nitrogen and oxygen atoms in total. The Morgan fingerprint density at radius 2 is 1.78 bits per heavy atom. The van der Waals surface area contributed by atoms with Crippen molar-refractivity contribution in [3.63, 3.8) is 0 Å². The molecular formula is C13H8F3NO. The summed E-state index contributed by atoms with van der Waals surface area (Å²) in [6, 6.07) is 4.02. The number of benzene rings is 1. The van der Waals surface area contributed by atoms with Crippen LogP contribution in [0.5, 0.6) is 0 Å². The van der Waals surface area contributed by atoms with Crippen LogP contribution in [0.1, 0.15) is 15.9 Å². The summed E-state index contributed by atoms with van der Waals surface area (Å²) in [6.07, 6.45) is 1.93. The minimum atomic E-state index is -0.770. The Balaban J connectivity index is 2.24. The number of rotatable bonds is 3. The fourth-order valence-electron chi connectivity index (χ4n) is 1.59. The molecule has 0 bridgehead atoms. The van der Waals surface area contributed by atoms with Gasteiger partial charge in [0, 0.05) is 18.7 Å². The fourth-order valence-corrected chi connectivity index (χ4v) is 1.59. The third-order valence-corrected chi connectivity index (χ3v) is 2.36. The molecule has 0 atom stereocenters. The molecule has 18 heavy (non-hydrogen) atoms. The summed E-state index contributed by atoms with van der Waals surface area (Å²) in [5, 5.41) is 0. The van der Waals surface area contributed by atoms with Crippen molar-refractivity contribution in [2.45, 2.75) is 6.42 Å². The highest BCUT2D eigenvalue weighted by atomic mass is 19.1. The highest BCUT2D eigenvalue weighted by Crippen LogP contribution is 2.13. The molecule has 0 fully saturated rings. The van der Waals surface area contributed by atoms with Gasteiger partial charge in [-0.25, -0.2) is 13.2 Å². The maximum Gasteiger partial charge on any atom is 0.170 e. The van der Waals surface area contributed by atoms with E-state index < -0.39 is 23.2 Å². The van der Waals surface area contributed by atoms with Gasteiger partial charge in [-0.1, -0.05) is 0 Å². The zero-order valence-corrected chi connectivity index (χ0v) is 9.16. The van der Waals surface area contributed by atoms with Gasteiger partial charge in [0.25, 0.3) is 0 Å². The van der Waals surface area contributed by atoms with Crippen molar-refractivity contribution >= 4 is 5.78 Å². The van der Waals surface area contributed by atoms with Crippen LogP contribution in [0.3, 0.4) is 0 Å². The second-order valence-corrected chi connectivity index (χ2v) is 3.73. The Labute approximate surface area is 101 Å². The Bertz CT molecular complexity index is 578. The molecule has 1 aromatic heterocycles. The Hall–Kier alpha value is -2.17. The summed E-state index contributed by atoms with van der Waals surface area (Å²) in [7, 11) is 0. The predicted octanol–water partition coefficient (Wildman–Crippen LogP) is 2.92. The normalized spacial score (nSPS) is 10.4. The molecule has 0 aliphatic heterocycles. The third kappa shape index (κ3) is 2.74. The van der Waals surface area contributed by atoms with E-state index in [1.165, 1.54) is 12.3 Å². The fraction of sp³-hybridized carbons (Fsp3) is 0.0769. The average Bonchev–Trinajstić information content (AvgIpc) is 2.27. The number of halogens is 3. The van der Waals surface area contributed by atoms with E-state index in [-0.39, 0.29) is 17.5 Å². The number of carbonyl (C=O) groups is 1. The van der Waals surface area contributed by atoms with Crippen molar-refractivity contribution in [2.75, 3.05) is 0 Å². The predicted molar refractivity (Wildman–Crippen MR) is 58.6 cm³/mol. The molecule has 0 radical (unpaired) electrons. The van der Waals surface area contributed by atoms with E-state index in [1.807, 2.05) is 0 Å². The smallest absolute Gasteiger partial charge is 0.170 e. The summed E-state index contributed by atoms with van der Waals surface area (Å²) in [5.74, 6) is -2.85. The van der Waals surface area contributed by atoms with Gasteiger partial charge in [-0.05, 0) is 23.8 Å². The lowest BCUT2D eigenvalue weighted by molar-refractivity contribution is 0.0989. The molecule has 1 aromatic carbocycles. The van der Waals surface area contributed by atoms with Gasteiger partial charge in [0.2, 0.25) is 0 Å². The standard InChI is InChI=1S/C13H8F3NO/c14-9-3-8(4-10(15)6-9)5-13(18)11-1-2-17-7-12(11)16/h1-4,6-7H,5H2. The largest absolute Gasteiger partial charge is 0.294 e. The van der Waals surface area contributed by atoms with Crippen molar-refractivity contribution in [3.8, 4) is 0 Å². The third-order valence-electron chi connectivity index (χ3n) is 2.36. The molecule has 0 spiro atoms. The van der Waals surface area contributed by atoms with Crippen LogP contribution < -0.4 is 0 Å². The summed E-state index contributed by atoms with van der Waals surface area (Å²) >= 11 is 0. The number of aromatic nitrogens is 1. The van der Waals surface area contributed by atoms with Gasteiger partial charge in [-0.15, -0.1) is 0 Å². The second-order valence-electron chi connectivity index (χ2n) is 3.73. The maximum atomic E-state index is 13.3. The number of ketones is 1. The topological polar surface area (TPSA) is 30.0 Å². The summed E-state index contributed by atoms with van der Waals surface area (Å²) in [6.45, 7) is 0. The van der Waals surface area contributed by atoms with Gasteiger partial charge in [-0.3, -0.25) is 9.78 Å². The molecule has 0 aliphatic carbocycles. The van der Waals surface area contributed by atoms with Crippen LogP contribution in [-0.2, 0) is 6.42 Å². The molecule has 2 aromatic rings. The Morgan fingerprint density at radius 1 is 1.11 bits per heavy atom. The Morgan fingerprint density at radius 3 is 2.39 bits per heavy atom. The molecule has 1 heterocycles. The summed E-state index contributed by atoms with van der Waals surface area (Å²) in [4.78, 5) is 15.3. The van der Waals surface area contributed by atoms with E-state index in [2.05, 4.69) is 4.98 Å². The van der Waals surface area contributed by atoms with Crippen molar-refractivity contribution in [3.05, 3.63) is 65.2 Å². The molecule has 0 saturated carbocycles. The van der Waals surface area contributed by atoms with Crippen LogP contribution in [0.25, 0.3) is 0 Å². The highest BCUT2D eigenvalue weighted by Gasteiger charge is 2.13. The molecule has 0 amide bonds. The number of Topliss-reactive ketones (excluding diaryl/α,β-unsaturated/α-hetero) is 1. The molecule has 0 saturated heterocycles. The van der Waals surface area contributed by atoms with Crippen LogP contribution >= 0.6 is 0 Å². The zero-order valence-electron chi connectivity index (χ0n) is 9.16. The zero-order chi connectivity index (χ0) is 13.1. The lowest BCUT2D eigenvalue weighted by atomic mass is 10.0. The van der Waals surface area contributed by atoms with Gasteiger partial charge >= 0.3 is 0 Å². The van der Waals surface area contributed by atoms with Crippen LogP contribution in [0.15, 0.2) is 36.7 Å². The SMILES string of the molecule is O=C(Cc1cc(F)cc(F)c1)c1ccncc1F. The van der Waals surface area contributed by atoms with Gasteiger partial charge in [-0.2, -0.15) is 0 Å². The van der Waals surface area contributed by atoms with E-state index in [0.717, 1.165) is 18.3 Å². The van der Waals surface area contributed by atoms with E-state index in [1.54, 1.807) is 0 Å². The van der Waals surface area contributed by atoms with Crippen molar-refractivity contribution < 1.29 is 18.0 Å². The molecule has 2 rings (SSSR count). The number of carbonyl (C=O) groups excluding carboxylic acids is 1. The van der Waals surface area contributed by atoms with Crippen molar-refractivity contribution in [1.29, 1.82) is 0 Å². The van der Waals surface area contributed by atoms with Gasteiger partial charge in [0.1, 0.15) is 11.6 Å². The lowest BCUT2D eigenvalue weighted by Crippen LogP contribution is -2.07. The first-order valence-electron chi connectivity index (χ1n) is 5.14. The van der Waals surface area contributed by atoms with E-state index in [9.17, 15) is 18.0 Å². The van der Waals surface area contributed by atoms with Crippen LogP contribution in [0, 0.1) is 17.5 Å². The monoisotopic (exact) mass is 251 g/mol. The number of hydrogen-bond donors (Lipinski definition) is 0. The first kappa shape index (κ1) is 12.3. The number of nitrogens with zero attached hydrogens (tertiary/aromatic N) is 1.